The van der Waals surface area contributed by atoms with Crippen LogP contribution in [-0.2, 0) is 0 Å². The van der Waals surface area contributed by atoms with Crippen LogP contribution in [0.1, 0.15) is 0 Å². The number of hydrogen-bond acceptors (Lipinski definition) is 0. The third-order valence-corrected chi connectivity index (χ3v) is 2.77. The van der Waals surface area contributed by atoms with Gasteiger partial charge in [-0.3, -0.25) is 0 Å². The van der Waals surface area contributed by atoms with Crippen LogP contribution in [0.25, 0.3) is 0 Å². The summed E-state index contributed by atoms with van der Waals surface area (Å²) in [6, 6.07) is 0. The molecule has 0 amide bonds. The molecule has 0 aliphatic heterocycles. The topological polar surface area (TPSA) is 0 Å². The van der Waals surface area contributed by atoms with Crippen molar-refractivity contribution in [1.29, 1.82) is 0 Å². The fraction of sp³-hybridized carbons (Fsp3) is 0.667. The number of allylic oxidation sites excluding steroid dienone is 2. The molecule has 0 aliphatic rings. The normalized spacial score (nSPS) is 17.1. The second-order valence-electron chi connectivity index (χ2n) is 2.42. The predicted molar refractivity (Wildman–Crippen MR) is 45.3 cm³/mol. The van der Waals surface area contributed by atoms with Gasteiger partial charge in [0.2, 0.25) is 4.33 Å². The Morgan fingerprint density at radius 1 is 0.933 bits per heavy atom. The van der Waals surface area contributed by atoms with Crippen LogP contribution in [0, 0.1) is 0 Å². The molecule has 0 saturated heterocycles. The maximum absolute atomic E-state index is 12.0. The minimum absolute atomic E-state index is 0.0368. The molecule has 1 atom stereocenters. The van der Waals surface area contributed by atoms with Gasteiger partial charge in [-0.05, 0) is 0 Å². The van der Waals surface area contributed by atoms with Gasteiger partial charge in [0.05, 0.1) is 5.38 Å². The molecular formula is C6H3Cl3F6. The van der Waals surface area contributed by atoms with E-state index in [2.05, 4.69) is 0 Å². The van der Waals surface area contributed by atoms with Crippen LogP contribution in [0.15, 0.2) is 12.2 Å². The molecular weight excluding hydrogens is 292 g/mol. The molecule has 0 fully saturated rings. The van der Waals surface area contributed by atoms with Crippen molar-refractivity contribution >= 4 is 34.8 Å². The molecule has 0 aliphatic carbocycles. The Morgan fingerprint density at radius 2 is 1.33 bits per heavy atom. The molecule has 0 heterocycles. The van der Waals surface area contributed by atoms with E-state index in [9.17, 15) is 26.3 Å². The summed E-state index contributed by atoms with van der Waals surface area (Å²) < 4.78 is 67.4. The van der Waals surface area contributed by atoms with E-state index in [1.165, 1.54) is 0 Å². The smallest absolute Gasteiger partial charge is 0.168 e. The van der Waals surface area contributed by atoms with Gasteiger partial charge in [-0.1, -0.05) is 29.3 Å². The van der Waals surface area contributed by atoms with Gasteiger partial charge in [-0.15, -0.1) is 11.6 Å². The highest BCUT2D eigenvalue weighted by molar-refractivity contribution is 6.53. The molecule has 0 aromatic heterocycles. The van der Waals surface area contributed by atoms with E-state index in [-0.39, 0.29) is 6.08 Å². The number of hydrogen-bond donors (Lipinski definition) is 0. The van der Waals surface area contributed by atoms with E-state index in [0.717, 1.165) is 0 Å². The first-order chi connectivity index (χ1) is 6.38. The van der Waals surface area contributed by atoms with Crippen LogP contribution in [-0.4, -0.2) is 22.1 Å². The molecule has 0 spiro atoms. The van der Waals surface area contributed by atoms with Gasteiger partial charge in [-0.25, -0.2) is 0 Å². The van der Waals surface area contributed by atoms with E-state index in [1.54, 1.807) is 0 Å². The van der Waals surface area contributed by atoms with Gasteiger partial charge in [0, 0.05) is 6.08 Å². The highest BCUT2D eigenvalue weighted by Gasteiger charge is 2.56. The first-order valence-electron chi connectivity index (χ1n) is 3.22. The summed E-state index contributed by atoms with van der Waals surface area (Å²) in [6.45, 7) is 0. The molecule has 0 N–H and O–H groups in total. The third kappa shape index (κ3) is 4.70. The van der Waals surface area contributed by atoms with Crippen molar-refractivity contribution in [2.24, 2.45) is 0 Å². The van der Waals surface area contributed by atoms with Gasteiger partial charge in [0.1, 0.15) is 0 Å². The summed E-state index contributed by atoms with van der Waals surface area (Å²) in [5.74, 6) is 0. The first kappa shape index (κ1) is 15.2. The standard InChI is InChI=1S/C6H3Cl3F6/c7-3(1-2-4(10,11)12)5(8,9)6(13,14)15/h1-3H/b2-1+. The van der Waals surface area contributed by atoms with E-state index < -0.39 is 28.1 Å². The molecule has 0 aromatic rings. The maximum Gasteiger partial charge on any atom is 0.423 e. The molecule has 15 heavy (non-hydrogen) atoms. The van der Waals surface area contributed by atoms with Gasteiger partial charge in [0.15, 0.2) is 0 Å². The van der Waals surface area contributed by atoms with E-state index in [0.29, 0.717) is 0 Å². The van der Waals surface area contributed by atoms with Gasteiger partial charge < -0.3 is 0 Å². The second kappa shape index (κ2) is 4.59. The Bertz CT molecular complexity index is 240. The zero-order valence-electron chi connectivity index (χ0n) is 6.63. The largest absolute Gasteiger partial charge is 0.423 e. The molecule has 0 saturated carbocycles. The SMILES string of the molecule is FC(F)(F)/C=C/C(Cl)C(Cl)(Cl)C(F)(F)F. The van der Waals surface area contributed by atoms with Gasteiger partial charge >= 0.3 is 12.4 Å². The highest BCUT2D eigenvalue weighted by Crippen LogP contribution is 2.45. The van der Waals surface area contributed by atoms with Crippen molar-refractivity contribution in [3.8, 4) is 0 Å². The average Bonchev–Trinajstić information content (AvgIpc) is 1.96. The van der Waals surface area contributed by atoms with Gasteiger partial charge in [-0.2, -0.15) is 26.3 Å². The van der Waals surface area contributed by atoms with Crippen molar-refractivity contribution in [1.82, 2.24) is 0 Å². The lowest BCUT2D eigenvalue weighted by molar-refractivity contribution is -0.140. The third-order valence-electron chi connectivity index (χ3n) is 1.18. The van der Waals surface area contributed by atoms with Crippen molar-refractivity contribution < 1.29 is 26.3 Å². The Balaban J connectivity index is 4.73. The Morgan fingerprint density at radius 3 is 1.60 bits per heavy atom. The Kier molecular flexibility index (Phi) is 4.65. The van der Waals surface area contributed by atoms with E-state index in [4.69, 9.17) is 34.8 Å². The number of halogens is 9. The maximum atomic E-state index is 12.0. The number of alkyl halides is 9. The molecule has 0 radical (unpaired) electrons. The van der Waals surface area contributed by atoms with Crippen molar-refractivity contribution in [3.05, 3.63) is 12.2 Å². The molecule has 0 bridgehead atoms. The molecule has 9 heteroatoms. The van der Waals surface area contributed by atoms with Crippen molar-refractivity contribution in [3.63, 3.8) is 0 Å². The summed E-state index contributed by atoms with van der Waals surface area (Å²) in [7, 11) is 0. The lowest BCUT2D eigenvalue weighted by Crippen LogP contribution is -2.41. The minimum atomic E-state index is -5.13. The lowest BCUT2D eigenvalue weighted by atomic mass is 10.2. The van der Waals surface area contributed by atoms with Crippen LogP contribution in [0.2, 0.25) is 0 Å². The van der Waals surface area contributed by atoms with Crippen LogP contribution in [0.4, 0.5) is 26.3 Å². The molecule has 1 unspecified atom stereocenters. The van der Waals surface area contributed by atoms with Crippen LogP contribution in [0.3, 0.4) is 0 Å². The molecule has 90 valence electrons. The quantitative estimate of drug-likeness (QED) is 0.401. The molecule has 0 nitrogen and oxygen atoms in total. The monoisotopic (exact) mass is 294 g/mol. The highest BCUT2D eigenvalue weighted by atomic mass is 35.5. The van der Waals surface area contributed by atoms with E-state index >= 15 is 0 Å². The summed E-state index contributed by atoms with van der Waals surface area (Å²) in [6.07, 6.45) is -10.3. The van der Waals surface area contributed by atoms with Gasteiger partial charge in [0.25, 0.3) is 0 Å². The molecule has 0 rings (SSSR count). The second-order valence-corrected chi connectivity index (χ2v) is 4.28. The summed E-state index contributed by atoms with van der Waals surface area (Å²) in [5.41, 5.74) is 0. The molecule has 0 aromatic carbocycles. The Hall–Kier alpha value is 0.190. The first-order valence-corrected chi connectivity index (χ1v) is 4.42. The summed E-state index contributed by atoms with van der Waals surface area (Å²) in [5, 5.41) is -2.23. The summed E-state index contributed by atoms with van der Waals surface area (Å²) in [4.78, 5) is 0. The van der Waals surface area contributed by atoms with E-state index in [1.807, 2.05) is 0 Å². The average molecular weight is 295 g/mol. The summed E-state index contributed by atoms with van der Waals surface area (Å²) >= 11 is 14.6. The van der Waals surface area contributed by atoms with Crippen molar-refractivity contribution in [2.75, 3.05) is 0 Å². The van der Waals surface area contributed by atoms with Crippen LogP contribution in [0.5, 0.6) is 0 Å². The fourth-order valence-electron chi connectivity index (χ4n) is 0.471. The van der Waals surface area contributed by atoms with Crippen LogP contribution >= 0.6 is 34.8 Å². The fourth-order valence-corrected chi connectivity index (χ4v) is 0.813. The lowest BCUT2D eigenvalue weighted by Gasteiger charge is -2.25. The Labute approximate surface area is 95.8 Å². The zero-order chi connectivity index (χ0) is 12.5. The zero-order valence-corrected chi connectivity index (χ0v) is 8.90. The van der Waals surface area contributed by atoms with Crippen LogP contribution < -0.4 is 0 Å². The minimum Gasteiger partial charge on any atom is -0.168 e. The predicted octanol–water partition coefficient (Wildman–Crippen LogP) is 4.45. The number of rotatable bonds is 2. The van der Waals surface area contributed by atoms with Crippen molar-refractivity contribution in [2.45, 2.75) is 22.1 Å².